The number of imide groups is 1. The molecule has 3 N–H and O–H groups in total. The van der Waals surface area contributed by atoms with Gasteiger partial charge in [-0.3, -0.25) is 19.7 Å². The molecule has 0 aliphatic carbocycles. The van der Waals surface area contributed by atoms with Gasteiger partial charge in [-0.1, -0.05) is 6.07 Å². The number of hydrogen-bond acceptors (Lipinski definition) is 4. The minimum Gasteiger partial charge on any atom is -0.374 e. The van der Waals surface area contributed by atoms with Gasteiger partial charge in [-0.15, -0.1) is 11.6 Å². The smallest absolute Gasteiger partial charge is 0.249 e. The van der Waals surface area contributed by atoms with E-state index >= 15 is 0 Å². The van der Waals surface area contributed by atoms with Crippen LogP contribution in [0.4, 0.5) is 11.4 Å². The van der Waals surface area contributed by atoms with E-state index in [-0.39, 0.29) is 23.6 Å². The molecule has 1 unspecified atom stereocenters. The Morgan fingerprint density at radius 3 is 2.80 bits per heavy atom. The third kappa shape index (κ3) is 3.71. The molecular formula is C13H14ClN3O3. The molecule has 0 spiro atoms. The van der Waals surface area contributed by atoms with Crippen LogP contribution in [0.25, 0.3) is 0 Å². The summed E-state index contributed by atoms with van der Waals surface area (Å²) < 4.78 is 0. The Labute approximate surface area is 120 Å². The van der Waals surface area contributed by atoms with Crippen molar-refractivity contribution >= 4 is 40.7 Å². The highest BCUT2D eigenvalue weighted by Crippen LogP contribution is 2.18. The van der Waals surface area contributed by atoms with Gasteiger partial charge in [0.15, 0.2) is 0 Å². The van der Waals surface area contributed by atoms with Gasteiger partial charge in [0.2, 0.25) is 17.7 Å². The van der Waals surface area contributed by atoms with E-state index in [9.17, 15) is 14.4 Å². The van der Waals surface area contributed by atoms with Crippen LogP contribution in [-0.2, 0) is 14.4 Å². The van der Waals surface area contributed by atoms with Crippen LogP contribution in [0, 0.1) is 0 Å². The SMILES string of the molecule is O=C1CCC(Nc2cccc(NC(=O)CCl)c2)C(=O)N1. The van der Waals surface area contributed by atoms with Crippen LogP contribution < -0.4 is 16.0 Å². The molecule has 0 saturated carbocycles. The average molecular weight is 296 g/mol. The number of carbonyl (C=O) groups excluding carboxylic acids is 3. The highest BCUT2D eigenvalue weighted by Gasteiger charge is 2.26. The van der Waals surface area contributed by atoms with E-state index in [1.165, 1.54) is 0 Å². The lowest BCUT2D eigenvalue weighted by molar-refractivity contribution is -0.133. The van der Waals surface area contributed by atoms with E-state index < -0.39 is 6.04 Å². The van der Waals surface area contributed by atoms with Crippen molar-refractivity contribution in [2.45, 2.75) is 18.9 Å². The van der Waals surface area contributed by atoms with Gasteiger partial charge in [0, 0.05) is 17.8 Å². The molecule has 7 heteroatoms. The highest BCUT2D eigenvalue weighted by molar-refractivity contribution is 6.29. The van der Waals surface area contributed by atoms with Gasteiger partial charge in [-0.25, -0.2) is 0 Å². The molecule has 1 aromatic carbocycles. The second kappa shape index (κ2) is 6.38. The molecule has 3 amide bonds. The van der Waals surface area contributed by atoms with Crippen molar-refractivity contribution in [2.75, 3.05) is 16.5 Å². The van der Waals surface area contributed by atoms with E-state index in [1.807, 2.05) is 0 Å². The Kier molecular flexibility index (Phi) is 4.57. The van der Waals surface area contributed by atoms with Crippen LogP contribution in [0.5, 0.6) is 0 Å². The number of amides is 3. The van der Waals surface area contributed by atoms with E-state index in [0.717, 1.165) is 0 Å². The van der Waals surface area contributed by atoms with Gasteiger partial charge in [0.1, 0.15) is 11.9 Å². The van der Waals surface area contributed by atoms with Crippen LogP contribution in [0.2, 0.25) is 0 Å². The third-order valence-electron chi connectivity index (χ3n) is 2.85. The molecule has 0 bridgehead atoms. The number of nitrogens with one attached hydrogen (secondary N) is 3. The van der Waals surface area contributed by atoms with E-state index in [0.29, 0.717) is 24.2 Å². The van der Waals surface area contributed by atoms with Gasteiger partial charge in [-0.2, -0.15) is 0 Å². The van der Waals surface area contributed by atoms with E-state index in [1.54, 1.807) is 24.3 Å². The largest absolute Gasteiger partial charge is 0.374 e. The summed E-state index contributed by atoms with van der Waals surface area (Å²) in [6.45, 7) is 0. The van der Waals surface area contributed by atoms with Crippen molar-refractivity contribution in [3.05, 3.63) is 24.3 Å². The monoisotopic (exact) mass is 295 g/mol. The number of anilines is 2. The summed E-state index contributed by atoms with van der Waals surface area (Å²) in [6.07, 6.45) is 0.759. The maximum Gasteiger partial charge on any atom is 0.249 e. The second-order valence-electron chi connectivity index (χ2n) is 4.41. The minimum atomic E-state index is -0.452. The zero-order chi connectivity index (χ0) is 14.5. The molecule has 2 rings (SSSR count). The fraction of sp³-hybridized carbons (Fsp3) is 0.308. The molecule has 1 aliphatic heterocycles. The highest BCUT2D eigenvalue weighted by atomic mass is 35.5. The maximum atomic E-state index is 11.6. The number of hydrogen-bond donors (Lipinski definition) is 3. The van der Waals surface area contributed by atoms with Crippen molar-refractivity contribution in [2.24, 2.45) is 0 Å². The first-order chi connectivity index (χ1) is 9.58. The molecule has 1 atom stereocenters. The Morgan fingerprint density at radius 2 is 2.10 bits per heavy atom. The molecule has 1 aliphatic rings. The minimum absolute atomic E-state index is 0.120. The van der Waals surface area contributed by atoms with Crippen LogP contribution in [0.3, 0.4) is 0 Å². The Balaban J connectivity index is 2.02. The van der Waals surface area contributed by atoms with Crippen LogP contribution in [-0.4, -0.2) is 29.6 Å². The first-order valence-electron chi connectivity index (χ1n) is 6.14. The molecule has 1 saturated heterocycles. The van der Waals surface area contributed by atoms with Gasteiger partial charge in [0.25, 0.3) is 0 Å². The van der Waals surface area contributed by atoms with Crippen molar-refractivity contribution in [1.82, 2.24) is 5.32 Å². The van der Waals surface area contributed by atoms with Crippen molar-refractivity contribution in [1.29, 1.82) is 0 Å². The number of halogens is 1. The fourth-order valence-corrected chi connectivity index (χ4v) is 1.98. The van der Waals surface area contributed by atoms with Crippen molar-refractivity contribution in [3.8, 4) is 0 Å². The Hall–Kier alpha value is -2.08. The second-order valence-corrected chi connectivity index (χ2v) is 4.68. The van der Waals surface area contributed by atoms with Gasteiger partial charge >= 0.3 is 0 Å². The summed E-state index contributed by atoms with van der Waals surface area (Å²) in [7, 11) is 0. The third-order valence-corrected chi connectivity index (χ3v) is 3.09. The van der Waals surface area contributed by atoms with Crippen molar-refractivity contribution in [3.63, 3.8) is 0 Å². The predicted octanol–water partition coefficient (Wildman–Crippen LogP) is 1.08. The number of alkyl halides is 1. The van der Waals surface area contributed by atoms with E-state index in [4.69, 9.17) is 11.6 Å². The lowest BCUT2D eigenvalue weighted by atomic mass is 10.1. The summed E-state index contributed by atoms with van der Waals surface area (Å²) in [5.74, 6) is -1.01. The molecule has 106 valence electrons. The lowest BCUT2D eigenvalue weighted by Crippen LogP contribution is -2.47. The molecule has 1 fully saturated rings. The zero-order valence-corrected chi connectivity index (χ0v) is 11.4. The number of rotatable bonds is 4. The maximum absolute atomic E-state index is 11.6. The molecule has 1 aromatic rings. The van der Waals surface area contributed by atoms with Gasteiger partial charge in [-0.05, 0) is 24.6 Å². The average Bonchev–Trinajstić information content (AvgIpc) is 2.42. The number of carbonyl (C=O) groups is 3. The predicted molar refractivity (Wildman–Crippen MR) is 75.6 cm³/mol. The van der Waals surface area contributed by atoms with Crippen molar-refractivity contribution < 1.29 is 14.4 Å². The first-order valence-corrected chi connectivity index (χ1v) is 6.68. The molecule has 1 heterocycles. The van der Waals surface area contributed by atoms with Gasteiger partial charge < -0.3 is 10.6 Å². The number of benzene rings is 1. The Bertz CT molecular complexity index is 547. The van der Waals surface area contributed by atoms with E-state index in [2.05, 4.69) is 16.0 Å². The topological polar surface area (TPSA) is 87.3 Å². The summed E-state index contributed by atoms with van der Waals surface area (Å²) in [4.78, 5) is 33.9. The summed E-state index contributed by atoms with van der Waals surface area (Å²) in [6, 6.07) is 6.50. The standard InChI is InChI=1S/C13H14ClN3O3/c14-7-12(19)16-9-3-1-2-8(6-9)15-10-4-5-11(18)17-13(10)20/h1-3,6,10,15H,4-5,7H2,(H,16,19)(H,17,18,20). The van der Waals surface area contributed by atoms with Crippen LogP contribution in [0.1, 0.15) is 12.8 Å². The van der Waals surface area contributed by atoms with Gasteiger partial charge in [0.05, 0.1) is 0 Å². The molecule has 0 radical (unpaired) electrons. The fourth-order valence-electron chi connectivity index (χ4n) is 1.91. The molecule has 6 nitrogen and oxygen atoms in total. The lowest BCUT2D eigenvalue weighted by Gasteiger charge is -2.23. The molecule has 0 aromatic heterocycles. The summed E-state index contributed by atoms with van der Waals surface area (Å²) in [5.41, 5.74) is 1.28. The summed E-state index contributed by atoms with van der Waals surface area (Å²) >= 11 is 5.42. The Morgan fingerprint density at radius 1 is 1.35 bits per heavy atom. The normalized spacial score (nSPS) is 18.4. The zero-order valence-electron chi connectivity index (χ0n) is 10.6. The number of piperidine rings is 1. The molecule has 20 heavy (non-hydrogen) atoms. The quantitative estimate of drug-likeness (QED) is 0.573. The van der Waals surface area contributed by atoms with Crippen LogP contribution in [0.15, 0.2) is 24.3 Å². The molecular weight excluding hydrogens is 282 g/mol. The first kappa shape index (κ1) is 14.3. The summed E-state index contributed by atoms with van der Waals surface area (Å²) in [5, 5.41) is 7.93. The van der Waals surface area contributed by atoms with Crippen LogP contribution >= 0.6 is 11.6 Å².